The molecule has 0 radical (unpaired) electrons. The van der Waals surface area contributed by atoms with Gasteiger partial charge in [-0.25, -0.2) is 4.79 Å². The summed E-state index contributed by atoms with van der Waals surface area (Å²) in [4.78, 5) is 13.5. The molecule has 0 bridgehead atoms. The van der Waals surface area contributed by atoms with Crippen LogP contribution >= 0.6 is 0 Å². The van der Waals surface area contributed by atoms with Gasteiger partial charge in [-0.05, 0) is 61.5 Å². The fourth-order valence-electron chi connectivity index (χ4n) is 6.48. The van der Waals surface area contributed by atoms with Crippen LogP contribution in [0, 0.1) is 11.8 Å². The van der Waals surface area contributed by atoms with Gasteiger partial charge in [0.2, 0.25) is 0 Å². The number of rotatable bonds is 8. The van der Waals surface area contributed by atoms with Crippen molar-refractivity contribution in [2.24, 2.45) is 11.8 Å². The van der Waals surface area contributed by atoms with E-state index in [1.54, 1.807) is 0 Å². The maximum atomic E-state index is 13.5. The molecule has 1 heterocycles. The molecule has 0 amide bonds. The summed E-state index contributed by atoms with van der Waals surface area (Å²) in [6, 6.07) is 20.4. The van der Waals surface area contributed by atoms with Gasteiger partial charge >= 0.3 is 5.97 Å². The summed E-state index contributed by atoms with van der Waals surface area (Å²) in [5.41, 5.74) is 1.58. The molecule has 1 atom stereocenters. The molecule has 0 saturated heterocycles. The monoisotopic (exact) mass is 459 g/mol. The van der Waals surface area contributed by atoms with Crippen LogP contribution in [0.4, 0.5) is 0 Å². The fraction of sp³-hybridized carbons (Fsp3) is 0.500. The molecule has 0 spiro atoms. The van der Waals surface area contributed by atoms with E-state index in [1.165, 1.54) is 56.9 Å². The minimum Gasteiger partial charge on any atom is -0.510 e. The van der Waals surface area contributed by atoms with Crippen molar-refractivity contribution >= 4 is 5.97 Å². The first kappa shape index (κ1) is 23.0. The van der Waals surface area contributed by atoms with Crippen LogP contribution in [0.2, 0.25) is 0 Å². The average molecular weight is 460 g/mol. The molecule has 2 saturated carbocycles. The molecule has 2 aromatic carbocycles. The van der Waals surface area contributed by atoms with Crippen LogP contribution in [0.1, 0.15) is 75.3 Å². The number of benzene rings is 2. The fourth-order valence-corrected chi connectivity index (χ4v) is 6.48. The number of nitrogens with one attached hydrogen (secondary N) is 1. The van der Waals surface area contributed by atoms with Crippen molar-refractivity contribution in [2.45, 2.75) is 82.3 Å². The quantitative estimate of drug-likeness (QED) is 0.438. The third-order valence-electron chi connectivity index (χ3n) is 8.32. The number of hydrogen-bond acceptors (Lipinski definition) is 4. The second-order valence-corrected chi connectivity index (χ2v) is 10.5. The maximum absolute atomic E-state index is 13.5. The molecule has 3 aliphatic rings. The number of cyclic esters (lactones) is 1. The van der Waals surface area contributed by atoms with Crippen LogP contribution in [0.25, 0.3) is 0 Å². The van der Waals surface area contributed by atoms with E-state index in [0.29, 0.717) is 30.4 Å². The Morgan fingerprint density at radius 3 is 2.00 bits per heavy atom. The van der Waals surface area contributed by atoms with E-state index >= 15 is 0 Å². The van der Waals surface area contributed by atoms with Crippen molar-refractivity contribution in [1.82, 2.24) is 5.32 Å². The number of hydrogen-bond donors (Lipinski definition) is 2. The van der Waals surface area contributed by atoms with Gasteiger partial charge in [0.15, 0.2) is 5.70 Å². The minimum absolute atomic E-state index is 0.147. The first-order valence-electron chi connectivity index (χ1n) is 13.2. The highest BCUT2D eigenvalue weighted by Crippen LogP contribution is 2.43. The smallest absolute Gasteiger partial charge is 0.358 e. The summed E-state index contributed by atoms with van der Waals surface area (Å²) >= 11 is 0. The van der Waals surface area contributed by atoms with Crippen LogP contribution in [0.3, 0.4) is 0 Å². The molecule has 34 heavy (non-hydrogen) atoms. The number of carbonyl (C=O) groups excluding carboxylic acids is 1. The summed E-state index contributed by atoms with van der Waals surface area (Å²) in [5, 5.41) is 14.8. The largest absolute Gasteiger partial charge is 0.510 e. The SMILES string of the molecule is O=C1OC(CCc2ccccc2)(c2ccccc2)CC(O)=C1NC(C1CCCC1)C1CCCC1. The molecule has 2 N–H and O–H groups in total. The van der Waals surface area contributed by atoms with Gasteiger partial charge in [-0.3, -0.25) is 0 Å². The standard InChI is InChI=1S/C30H37NO3/c32-26-21-30(25-17-5-2-6-18-25,20-19-22-11-3-1-4-12-22)34-29(33)28(26)31-27(23-13-7-8-14-23)24-15-9-10-16-24/h1-6,11-12,17-18,23-24,27,31-32H,7-10,13-16,19-21H2. The van der Waals surface area contributed by atoms with Crippen LogP contribution in [0.5, 0.6) is 0 Å². The van der Waals surface area contributed by atoms with Gasteiger partial charge in [-0.1, -0.05) is 86.3 Å². The number of aryl methyl sites for hydroxylation is 1. The van der Waals surface area contributed by atoms with Gasteiger partial charge in [0, 0.05) is 6.04 Å². The Labute approximate surface area is 203 Å². The van der Waals surface area contributed by atoms with Crippen LogP contribution in [0.15, 0.2) is 72.1 Å². The summed E-state index contributed by atoms with van der Waals surface area (Å²) in [6.07, 6.45) is 11.6. The van der Waals surface area contributed by atoms with E-state index in [2.05, 4.69) is 17.4 Å². The van der Waals surface area contributed by atoms with Gasteiger partial charge in [0.1, 0.15) is 11.4 Å². The molecular formula is C30H37NO3. The van der Waals surface area contributed by atoms with Crippen molar-refractivity contribution in [1.29, 1.82) is 0 Å². The van der Waals surface area contributed by atoms with Crippen molar-refractivity contribution in [3.63, 3.8) is 0 Å². The van der Waals surface area contributed by atoms with Gasteiger partial charge in [-0.2, -0.15) is 0 Å². The second-order valence-electron chi connectivity index (χ2n) is 10.5. The average Bonchev–Trinajstić information content (AvgIpc) is 3.59. The topological polar surface area (TPSA) is 58.6 Å². The molecule has 5 rings (SSSR count). The molecule has 2 fully saturated rings. The Balaban J connectivity index is 1.41. The third-order valence-corrected chi connectivity index (χ3v) is 8.32. The lowest BCUT2D eigenvalue weighted by atomic mass is 9.81. The number of ether oxygens (including phenoxy) is 1. The Bertz CT molecular complexity index is 974. The zero-order valence-corrected chi connectivity index (χ0v) is 20.0. The predicted molar refractivity (Wildman–Crippen MR) is 134 cm³/mol. The Kier molecular flexibility index (Phi) is 6.94. The molecule has 0 aromatic heterocycles. The first-order valence-corrected chi connectivity index (χ1v) is 13.2. The number of aliphatic hydroxyl groups excluding tert-OH is 1. The Morgan fingerprint density at radius 1 is 0.882 bits per heavy atom. The molecular weight excluding hydrogens is 422 g/mol. The van der Waals surface area contributed by atoms with Gasteiger partial charge in [-0.15, -0.1) is 0 Å². The zero-order chi connectivity index (χ0) is 23.4. The molecule has 180 valence electrons. The lowest BCUT2D eigenvalue weighted by molar-refractivity contribution is -0.162. The first-order chi connectivity index (χ1) is 16.6. The summed E-state index contributed by atoms with van der Waals surface area (Å²) in [7, 11) is 0. The van der Waals surface area contributed by atoms with E-state index in [0.717, 1.165) is 12.0 Å². The summed E-state index contributed by atoms with van der Waals surface area (Å²) in [5.74, 6) is 0.890. The van der Waals surface area contributed by atoms with E-state index in [9.17, 15) is 9.90 Å². The molecule has 1 unspecified atom stereocenters. The van der Waals surface area contributed by atoms with Crippen LogP contribution < -0.4 is 5.32 Å². The number of carbonyl (C=O) groups is 1. The minimum atomic E-state index is -0.861. The molecule has 2 aliphatic carbocycles. The van der Waals surface area contributed by atoms with Gasteiger partial charge < -0.3 is 15.2 Å². The highest BCUT2D eigenvalue weighted by molar-refractivity contribution is 5.89. The Morgan fingerprint density at radius 2 is 1.44 bits per heavy atom. The normalized spacial score (nSPS) is 24.1. The number of aliphatic hydroxyl groups is 1. The van der Waals surface area contributed by atoms with Crippen molar-refractivity contribution in [3.05, 3.63) is 83.2 Å². The van der Waals surface area contributed by atoms with Gasteiger partial charge in [0.25, 0.3) is 0 Å². The highest BCUT2D eigenvalue weighted by Gasteiger charge is 2.45. The molecule has 2 aromatic rings. The molecule has 4 nitrogen and oxygen atoms in total. The van der Waals surface area contributed by atoms with E-state index < -0.39 is 11.6 Å². The third kappa shape index (κ3) is 4.87. The lowest BCUT2D eigenvalue weighted by Gasteiger charge is -2.39. The number of esters is 1. The van der Waals surface area contributed by atoms with E-state index in [-0.39, 0.29) is 11.8 Å². The van der Waals surface area contributed by atoms with Crippen LogP contribution in [-0.4, -0.2) is 17.1 Å². The Hall–Kier alpha value is -2.75. The molecule has 1 aliphatic heterocycles. The van der Waals surface area contributed by atoms with E-state index in [4.69, 9.17) is 4.74 Å². The lowest BCUT2D eigenvalue weighted by Crippen LogP contribution is -2.47. The summed E-state index contributed by atoms with van der Waals surface area (Å²) < 4.78 is 6.27. The predicted octanol–water partition coefficient (Wildman–Crippen LogP) is 6.57. The van der Waals surface area contributed by atoms with Crippen molar-refractivity contribution < 1.29 is 14.6 Å². The second kappa shape index (κ2) is 10.2. The maximum Gasteiger partial charge on any atom is 0.358 e. The van der Waals surface area contributed by atoms with Crippen LogP contribution in [-0.2, 0) is 21.6 Å². The highest BCUT2D eigenvalue weighted by atomic mass is 16.6. The summed E-state index contributed by atoms with van der Waals surface area (Å²) in [6.45, 7) is 0. The van der Waals surface area contributed by atoms with Gasteiger partial charge in [0.05, 0.1) is 6.42 Å². The van der Waals surface area contributed by atoms with Crippen molar-refractivity contribution in [2.75, 3.05) is 0 Å². The van der Waals surface area contributed by atoms with E-state index in [1.807, 2.05) is 48.5 Å². The molecule has 4 heteroatoms. The van der Waals surface area contributed by atoms with Crippen molar-refractivity contribution in [3.8, 4) is 0 Å². The zero-order valence-electron chi connectivity index (χ0n) is 20.0.